The van der Waals surface area contributed by atoms with E-state index in [4.69, 9.17) is 27.9 Å². The van der Waals surface area contributed by atoms with Crippen molar-refractivity contribution in [1.29, 1.82) is 0 Å². The van der Waals surface area contributed by atoms with E-state index in [1.165, 1.54) is 51.0 Å². The summed E-state index contributed by atoms with van der Waals surface area (Å²) in [6.45, 7) is 2.24. The molecule has 31 heavy (non-hydrogen) atoms. The molecule has 0 bridgehead atoms. The van der Waals surface area contributed by atoms with Crippen LogP contribution in [0.25, 0.3) is 0 Å². The van der Waals surface area contributed by atoms with Gasteiger partial charge >= 0.3 is 11.7 Å². The summed E-state index contributed by atoms with van der Waals surface area (Å²) in [4.78, 5) is 22.5. The molecule has 0 N–H and O–H groups in total. The molecular weight excluding hydrogens is 437 g/mol. The van der Waals surface area contributed by atoms with Crippen LogP contribution in [0.5, 0.6) is 5.75 Å². The van der Waals surface area contributed by atoms with Gasteiger partial charge in [-0.15, -0.1) is 0 Å². The summed E-state index contributed by atoms with van der Waals surface area (Å²) in [5.74, 6) is -0.765. The molecule has 0 aliphatic carbocycles. The average Bonchev–Trinajstić information content (AvgIpc) is 2.72. The zero-order valence-corrected chi connectivity index (χ0v) is 20.1. The first-order valence-electron chi connectivity index (χ1n) is 11.4. The predicted molar refractivity (Wildman–Crippen MR) is 128 cm³/mol. The number of nitro groups is 1. The van der Waals surface area contributed by atoms with Crippen LogP contribution < -0.4 is 4.74 Å². The number of hydrogen-bond acceptors (Lipinski definition) is 4. The summed E-state index contributed by atoms with van der Waals surface area (Å²) in [6.07, 6.45) is 20.0. The Hall–Kier alpha value is -1.59. The van der Waals surface area contributed by atoms with Crippen LogP contribution in [0.1, 0.15) is 96.8 Å². The minimum absolute atomic E-state index is 0.0444. The molecule has 1 rings (SSSR count). The van der Waals surface area contributed by atoms with Gasteiger partial charge in [-0.1, -0.05) is 93.6 Å². The fraction of sp³-hybridized carbons (Fsp3) is 0.625. The first-order chi connectivity index (χ1) is 15.0. The van der Waals surface area contributed by atoms with Crippen LogP contribution >= 0.6 is 23.2 Å². The van der Waals surface area contributed by atoms with Gasteiger partial charge in [0.25, 0.3) is 0 Å². The molecule has 5 nitrogen and oxygen atoms in total. The minimum Gasteiger partial charge on any atom is -0.417 e. The van der Waals surface area contributed by atoms with Crippen molar-refractivity contribution in [2.45, 2.75) is 96.8 Å². The van der Waals surface area contributed by atoms with Gasteiger partial charge in [-0.05, 0) is 38.2 Å². The van der Waals surface area contributed by atoms with Crippen LogP contribution in [0.4, 0.5) is 5.69 Å². The van der Waals surface area contributed by atoms with Crippen molar-refractivity contribution < 1.29 is 14.5 Å². The third kappa shape index (κ3) is 12.8. The molecule has 0 unspecified atom stereocenters. The second-order valence-corrected chi connectivity index (χ2v) is 8.64. The average molecular weight is 472 g/mol. The van der Waals surface area contributed by atoms with Gasteiger partial charge in [0.2, 0.25) is 5.75 Å². The van der Waals surface area contributed by atoms with E-state index in [1.807, 2.05) is 0 Å². The highest BCUT2D eigenvalue weighted by Crippen LogP contribution is 2.38. The number of nitrogens with zero attached hydrogens (tertiary/aromatic N) is 1. The van der Waals surface area contributed by atoms with Crippen molar-refractivity contribution >= 4 is 34.9 Å². The number of esters is 1. The third-order valence-corrected chi connectivity index (χ3v) is 5.54. The van der Waals surface area contributed by atoms with Gasteiger partial charge < -0.3 is 4.74 Å². The van der Waals surface area contributed by atoms with Crippen molar-refractivity contribution in [3.8, 4) is 5.75 Å². The standard InChI is InChI=1S/C24H35Cl2NO4/c1-2-3-4-5-6-7-8-9-10-11-12-13-14-15-16-17-23(28)31-24-21(26)18-20(25)19-22(24)27(29)30/h9-10,18-19H,2-8,11-17H2,1H3/b10-9+. The lowest BCUT2D eigenvalue weighted by Crippen LogP contribution is -2.09. The van der Waals surface area contributed by atoms with Gasteiger partial charge in [0.1, 0.15) is 0 Å². The van der Waals surface area contributed by atoms with Crippen molar-refractivity contribution in [3.05, 3.63) is 44.4 Å². The summed E-state index contributed by atoms with van der Waals surface area (Å²) in [6, 6.07) is 2.44. The molecule has 0 saturated heterocycles. The summed E-state index contributed by atoms with van der Waals surface area (Å²) < 4.78 is 5.13. The molecule has 0 heterocycles. The van der Waals surface area contributed by atoms with Gasteiger partial charge in [0.15, 0.2) is 0 Å². The number of ether oxygens (including phenoxy) is 1. The zero-order valence-electron chi connectivity index (χ0n) is 18.5. The number of carbonyl (C=O) groups excluding carboxylic acids is 1. The minimum atomic E-state index is -0.664. The van der Waals surface area contributed by atoms with E-state index in [0.29, 0.717) is 6.42 Å². The molecule has 0 fully saturated rings. The maximum atomic E-state index is 12.0. The highest BCUT2D eigenvalue weighted by molar-refractivity contribution is 6.36. The van der Waals surface area contributed by atoms with Crippen LogP contribution in [0.3, 0.4) is 0 Å². The highest BCUT2D eigenvalue weighted by Gasteiger charge is 2.22. The van der Waals surface area contributed by atoms with Crippen molar-refractivity contribution in [1.82, 2.24) is 0 Å². The van der Waals surface area contributed by atoms with E-state index < -0.39 is 16.6 Å². The number of hydrogen-bond donors (Lipinski definition) is 0. The largest absolute Gasteiger partial charge is 0.417 e. The van der Waals surface area contributed by atoms with Gasteiger partial charge in [0, 0.05) is 17.5 Å². The molecule has 1 aromatic carbocycles. The first kappa shape index (κ1) is 27.4. The van der Waals surface area contributed by atoms with E-state index in [2.05, 4.69) is 19.1 Å². The number of nitro benzene ring substituents is 1. The lowest BCUT2D eigenvalue weighted by atomic mass is 10.1. The van der Waals surface area contributed by atoms with Gasteiger partial charge in [-0.25, -0.2) is 0 Å². The Morgan fingerprint density at radius 2 is 1.48 bits per heavy atom. The second kappa shape index (κ2) is 17.0. The molecule has 1 aromatic rings. The van der Waals surface area contributed by atoms with Gasteiger partial charge in [-0.3, -0.25) is 14.9 Å². The number of halogens is 2. The van der Waals surface area contributed by atoms with Crippen molar-refractivity contribution in [3.63, 3.8) is 0 Å². The van der Waals surface area contributed by atoms with E-state index in [0.717, 1.165) is 38.2 Å². The molecule has 0 spiro atoms. The number of carbonyl (C=O) groups is 1. The quantitative estimate of drug-likeness (QED) is 0.0567. The van der Waals surface area contributed by atoms with E-state index in [1.54, 1.807) is 0 Å². The van der Waals surface area contributed by atoms with Crippen LogP contribution in [-0.2, 0) is 4.79 Å². The lowest BCUT2D eigenvalue weighted by Gasteiger charge is -2.07. The molecule has 0 aliphatic heterocycles. The smallest absolute Gasteiger partial charge is 0.314 e. The van der Waals surface area contributed by atoms with Gasteiger partial charge in [-0.2, -0.15) is 0 Å². The van der Waals surface area contributed by atoms with E-state index in [9.17, 15) is 14.9 Å². The Morgan fingerprint density at radius 3 is 2.06 bits per heavy atom. The predicted octanol–water partition coefficient (Wildman–Crippen LogP) is 8.84. The van der Waals surface area contributed by atoms with Crippen LogP contribution in [0.2, 0.25) is 10.0 Å². The molecular formula is C24H35Cl2NO4. The fourth-order valence-corrected chi connectivity index (χ4v) is 3.81. The molecule has 0 amide bonds. The molecule has 0 saturated carbocycles. The number of unbranched alkanes of at least 4 members (excludes halogenated alkanes) is 11. The lowest BCUT2D eigenvalue weighted by molar-refractivity contribution is -0.385. The summed E-state index contributed by atoms with van der Waals surface area (Å²) in [5.41, 5.74) is -0.407. The van der Waals surface area contributed by atoms with Crippen molar-refractivity contribution in [2.24, 2.45) is 0 Å². The molecule has 174 valence electrons. The van der Waals surface area contributed by atoms with Crippen LogP contribution in [0.15, 0.2) is 24.3 Å². The highest BCUT2D eigenvalue weighted by atomic mass is 35.5. The third-order valence-electron chi connectivity index (χ3n) is 5.04. The second-order valence-electron chi connectivity index (χ2n) is 7.80. The normalized spacial score (nSPS) is 11.2. The Morgan fingerprint density at radius 1 is 0.935 bits per heavy atom. The van der Waals surface area contributed by atoms with Crippen molar-refractivity contribution in [2.75, 3.05) is 0 Å². The number of allylic oxidation sites excluding steroid dienone is 2. The Bertz CT molecular complexity index is 707. The summed E-state index contributed by atoms with van der Waals surface area (Å²) >= 11 is 11.7. The Balaban J connectivity index is 2.09. The van der Waals surface area contributed by atoms with E-state index in [-0.39, 0.29) is 22.2 Å². The van der Waals surface area contributed by atoms with Crippen LogP contribution in [0, 0.1) is 10.1 Å². The Kier molecular flexibility index (Phi) is 15.1. The summed E-state index contributed by atoms with van der Waals surface area (Å²) in [7, 11) is 0. The summed E-state index contributed by atoms with van der Waals surface area (Å²) in [5, 5.41) is 11.2. The molecule has 0 radical (unpaired) electrons. The fourth-order valence-electron chi connectivity index (χ4n) is 3.29. The number of rotatable bonds is 17. The maximum Gasteiger partial charge on any atom is 0.314 e. The number of benzene rings is 1. The maximum absolute atomic E-state index is 12.0. The first-order valence-corrected chi connectivity index (χ1v) is 12.2. The molecule has 0 aromatic heterocycles. The van der Waals surface area contributed by atoms with Crippen LogP contribution in [-0.4, -0.2) is 10.9 Å². The molecule has 7 heteroatoms. The topological polar surface area (TPSA) is 69.4 Å². The molecule has 0 aliphatic rings. The Labute approximate surface area is 196 Å². The molecule has 0 atom stereocenters. The van der Waals surface area contributed by atoms with E-state index >= 15 is 0 Å². The monoisotopic (exact) mass is 471 g/mol. The zero-order chi connectivity index (χ0) is 22.9. The SMILES string of the molecule is CCCCCCCC/C=C/CCCCCCCC(=O)Oc1c(Cl)cc(Cl)cc1[N+](=O)[O-]. The van der Waals surface area contributed by atoms with Gasteiger partial charge in [0.05, 0.1) is 9.95 Å².